The van der Waals surface area contributed by atoms with E-state index < -0.39 is 30.4 Å². The topological polar surface area (TPSA) is 114 Å². The number of carbonyl (C=O) groups excluding carboxylic acids is 1. The molecular formula is C11H22N2O6. The van der Waals surface area contributed by atoms with Crippen LogP contribution in [0.2, 0.25) is 0 Å². The number of aliphatic hydroxyl groups excluding tert-OH is 4. The molecule has 19 heavy (non-hydrogen) atoms. The maximum atomic E-state index is 11.2. The van der Waals surface area contributed by atoms with E-state index in [0.29, 0.717) is 0 Å². The molecule has 1 aliphatic heterocycles. The molecule has 1 heterocycles. The van der Waals surface area contributed by atoms with Crippen molar-refractivity contribution in [2.24, 2.45) is 0 Å². The monoisotopic (exact) mass is 278 g/mol. The van der Waals surface area contributed by atoms with Crippen LogP contribution in [0.15, 0.2) is 0 Å². The molecule has 8 nitrogen and oxygen atoms in total. The van der Waals surface area contributed by atoms with Crippen LogP contribution in [-0.4, -0.2) is 101 Å². The third kappa shape index (κ3) is 4.02. The lowest BCUT2D eigenvalue weighted by atomic mass is 9.94. The van der Waals surface area contributed by atoms with Crippen LogP contribution in [0.4, 0.5) is 4.79 Å². The molecule has 0 aliphatic carbocycles. The molecule has 0 radical (unpaired) electrons. The Labute approximate surface area is 111 Å². The number of aliphatic hydroxyl groups is 4. The van der Waals surface area contributed by atoms with Crippen molar-refractivity contribution in [3.63, 3.8) is 0 Å². The largest absolute Gasteiger partial charge is 0.448 e. The Hall–Kier alpha value is -0.930. The quantitative estimate of drug-likeness (QED) is 0.447. The van der Waals surface area contributed by atoms with E-state index in [4.69, 9.17) is 4.74 Å². The summed E-state index contributed by atoms with van der Waals surface area (Å²) in [6, 6.07) is -0.684. The minimum Gasteiger partial charge on any atom is -0.448 e. The number of likely N-dealkylation sites (tertiary alicyclic amines) is 1. The molecular weight excluding hydrogens is 256 g/mol. The van der Waals surface area contributed by atoms with Crippen molar-refractivity contribution in [3.8, 4) is 0 Å². The Morgan fingerprint density at radius 3 is 2.47 bits per heavy atom. The number of carbonyl (C=O) groups is 1. The summed E-state index contributed by atoms with van der Waals surface area (Å²) in [5.41, 5.74) is 0. The number of ether oxygens (including phenoxy) is 1. The zero-order valence-electron chi connectivity index (χ0n) is 11.1. The van der Waals surface area contributed by atoms with E-state index in [1.54, 1.807) is 19.0 Å². The van der Waals surface area contributed by atoms with Crippen molar-refractivity contribution < 1.29 is 30.0 Å². The summed E-state index contributed by atoms with van der Waals surface area (Å²) >= 11 is 0. The molecule has 1 amide bonds. The number of hydrogen-bond acceptors (Lipinski definition) is 7. The number of amides is 1. The van der Waals surface area contributed by atoms with Gasteiger partial charge in [0.15, 0.2) is 0 Å². The molecule has 0 spiro atoms. The first-order chi connectivity index (χ1) is 8.88. The summed E-state index contributed by atoms with van der Waals surface area (Å²) < 4.78 is 4.93. The summed E-state index contributed by atoms with van der Waals surface area (Å²) in [7, 11) is 3.12. The van der Waals surface area contributed by atoms with Gasteiger partial charge in [-0.3, -0.25) is 4.90 Å². The number of hydrogen-bond donors (Lipinski definition) is 4. The van der Waals surface area contributed by atoms with Crippen LogP contribution in [0, 0.1) is 0 Å². The molecule has 0 bridgehead atoms. The fourth-order valence-electron chi connectivity index (χ4n) is 2.01. The molecule has 4 N–H and O–H groups in total. The zero-order chi connectivity index (χ0) is 14.6. The van der Waals surface area contributed by atoms with Crippen molar-refractivity contribution in [1.82, 2.24) is 9.80 Å². The van der Waals surface area contributed by atoms with Gasteiger partial charge < -0.3 is 30.1 Å². The van der Waals surface area contributed by atoms with Crippen LogP contribution in [-0.2, 0) is 4.74 Å². The summed E-state index contributed by atoms with van der Waals surface area (Å²) in [4.78, 5) is 14.1. The molecule has 4 atom stereocenters. The maximum absolute atomic E-state index is 11.2. The zero-order valence-corrected chi connectivity index (χ0v) is 11.1. The number of nitrogens with zero attached hydrogens (tertiary/aromatic N) is 2. The lowest BCUT2D eigenvalue weighted by Gasteiger charge is -2.42. The highest BCUT2D eigenvalue weighted by Crippen LogP contribution is 2.18. The fourth-order valence-corrected chi connectivity index (χ4v) is 2.01. The Morgan fingerprint density at radius 2 is 1.95 bits per heavy atom. The van der Waals surface area contributed by atoms with Gasteiger partial charge in [-0.15, -0.1) is 0 Å². The summed E-state index contributed by atoms with van der Waals surface area (Å²) in [5, 5.41) is 38.1. The summed E-state index contributed by atoms with van der Waals surface area (Å²) in [5.74, 6) is 0. The van der Waals surface area contributed by atoms with E-state index in [2.05, 4.69) is 0 Å². The Bertz CT molecular complexity index is 301. The molecule has 0 aromatic heterocycles. The molecule has 112 valence electrons. The van der Waals surface area contributed by atoms with Gasteiger partial charge in [0.1, 0.15) is 18.8 Å². The molecule has 0 aromatic rings. The Kier molecular flexibility index (Phi) is 5.95. The van der Waals surface area contributed by atoms with Crippen LogP contribution in [0.3, 0.4) is 0 Å². The highest BCUT2D eigenvalue weighted by molar-refractivity contribution is 5.66. The molecule has 8 heteroatoms. The highest BCUT2D eigenvalue weighted by Gasteiger charge is 2.40. The molecule has 1 saturated heterocycles. The van der Waals surface area contributed by atoms with Gasteiger partial charge in [-0.2, -0.15) is 0 Å². The Morgan fingerprint density at radius 1 is 1.32 bits per heavy atom. The number of β-amino-alcohol motifs (C(OH)–C–C–N with tert-alkyl or cyclic N) is 1. The molecule has 1 fully saturated rings. The SMILES string of the molecule is CN(C)C(=O)OCCN1C[C@H](O)C(O)[C@H](O)[C@H]1CO. The maximum Gasteiger partial charge on any atom is 0.409 e. The average Bonchev–Trinajstić information content (AvgIpc) is 2.36. The Balaban J connectivity index is 2.49. The first-order valence-electron chi connectivity index (χ1n) is 6.11. The predicted octanol–water partition coefficient (Wildman–Crippen LogP) is -2.56. The minimum absolute atomic E-state index is 0.0725. The van der Waals surface area contributed by atoms with Crippen LogP contribution in [0.5, 0.6) is 0 Å². The van der Waals surface area contributed by atoms with Crippen molar-refractivity contribution in [1.29, 1.82) is 0 Å². The van der Waals surface area contributed by atoms with Gasteiger partial charge in [-0.1, -0.05) is 0 Å². The van der Waals surface area contributed by atoms with E-state index in [1.165, 1.54) is 4.90 Å². The van der Waals surface area contributed by atoms with E-state index in [1.807, 2.05) is 0 Å². The van der Waals surface area contributed by atoms with E-state index >= 15 is 0 Å². The van der Waals surface area contributed by atoms with Gasteiger partial charge in [0.25, 0.3) is 0 Å². The van der Waals surface area contributed by atoms with Crippen LogP contribution < -0.4 is 0 Å². The van der Waals surface area contributed by atoms with Crippen molar-refractivity contribution in [3.05, 3.63) is 0 Å². The second-order valence-corrected chi connectivity index (χ2v) is 4.80. The minimum atomic E-state index is -1.28. The van der Waals surface area contributed by atoms with Crippen molar-refractivity contribution >= 4 is 6.09 Å². The predicted molar refractivity (Wildman–Crippen MR) is 65.5 cm³/mol. The summed E-state index contributed by atoms with van der Waals surface area (Å²) in [6.45, 7) is 0.0736. The smallest absolute Gasteiger partial charge is 0.409 e. The first kappa shape index (κ1) is 16.1. The van der Waals surface area contributed by atoms with Crippen LogP contribution >= 0.6 is 0 Å². The highest BCUT2D eigenvalue weighted by atomic mass is 16.6. The van der Waals surface area contributed by atoms with Gasteiger partial charge in [-0.25, -0.2) is 4.79 Å². The van der Waals surface area contributed by atoms with Gasteiger partial charge >= 0.3 is 6.09 Å². The van der Waals surface area contributed by atoms with Crippen molar-refractivity contribution in [2.75, 3.05) is 40.4 Å². The van der Waals surface area contributed by atoms with E-state index in [9.17, 15) is 25.2 Å². The van der Waals surface area contributed by atoms with E-state index in [0.717, 1.165) is 0 Å². The normalized spacial score (nSPS) is 32.1. The second-order valence-electron chi connectivity index (χ2n) is 4.80. The number of rotatable bonds is 4. The van der Waals surface area contributed by atoms with Crippen molar-refractivity contribution in [2.45, 2.75) is 24.4 Å². The molecule has 1 aliphatic rings. The number of piperidine rings is 1. The fraction of sp³-hybridized carbons (Fsp3) is 0.909. The van der Waals surface area contributed by atoms with Gasteiger partial charge in [0.05, 0.1) is 18.8 Å². The van der Waals surface area contributed by atoms with Gasteiger partial charge in [0.2, 0.25) is 0 Å². The molecule has 1 unspecified atom stereocenters. The molecule has 0 aromatic carbocycles. The molecule has 0 saturated carbocycles. The third-order valence-electron chi connectivity index (χ3n) is 3.19. The lowest BCUT2D eigenvalue weighted by Crippen LogP contribution is -2.62. The third-order valence-corrected chi connectivity index (χ3v) is 3.19. The standard InChI is InChI=1S/C11H22N2O6/c1-12(2)11(18)19-4-3-13-5-8(15)10(17)9(16)7(13)6-14/h7-10,14-17H,3-6H2,1-2H3/t7-,8+,9-,10?/m1/s1. The van der Waals surface area contributed by atoms with Gasteiger partial charge in [0, 0.05) is 27.2 Å². The summed E-state index contributed by atoms with van der Waals surface area (Å²) in [6.07, 6.45) is -4.10. The van der Waals surface area contributed by atoms with Crippen LogP contribution in [0.1, 0.15) is 0 Å². The molecule has 1 rings (SSSR count). The second kappa shape index (κ2) is 7.01. The average molecular weight is 278 g/mol. The lowest BCUT2D eigenvalue weighted by molar-refractivity contribution is -0.146. The van der Waals surface area contributed by atoms with E-state index in [-0.39, 0.29) is 26.3 Å². The first-order valence-corrected chi connectivity index (χ1v) is 6.11. The van der Waals surface area contributed by atoms with Crippen LogP contribution in [0.25, 0.3) is 0 Å². The van der Waals surface area contributed by atoms with Gasteiger partial charge in [-0.05, 0) is 0 Å².